The maximum Gasteiger partial charge on any atom is 0.221 e. The van der Waals surface area contributed by atoms with Gasteiger partial charge in [0.2, 0.25) is 5.91 Å². The highest BCUT2D eigenvalue weighted by molar-refractivity contribution is 7.92. The molecule has 1 aromatic heterocycles. The van der Waals surface area contributed by atoms with E-state index in [0.717, 1.165) is 49.6 Å². The lowest BCUT2D eigenvalue weighted by Gasteiger charge is -2.20. The third-order valence-electron chi connectivity index (χ3n) is 6.59. The van der Waals surface area contributed by atoms with Gasteiger partial charge < -0.3 is 9.88 Å². The van der Waals surface area contributed by atoms with Crippen LogP contribution in [0.1, 0.15) is 56.1 Å². The number of nitrogens with one attached hydrogen (secondary N) is 1. The van der Waals surface area contributed by atoms with Crippen LogP contribution in [-0.2, 0) is 21.2 Å². The van der Waals surface area contributed by atoms with Crippen molar-refractivity contribution in [1.29, 1.82) is 0 Å². The maximum absolute atomic E-state index is 12.5. The van der Waals surface area contributed by atoms with E-state index in [1.807, 2.05) is 6.33 Å². The Labute approximate surface area is 173 Å². The number of amides is 1. The molecule has 2 fully saturated rings. The van der Waals surface area contributed by atoms with Crippen LogP contribution in [0.4, 0.5) is 0 Å². The third-order valence-corrected chi connectivity index (χ3v) is 8.85. The molecule has 2 aliphatic rings. The number of hydrogen-bond acceptors (Lipinski definition) is 4. The molecular weight excluding hydrogens is 386 g/mol. The fraction of sp³-hybridized carbons (Fsp3) is 0.636. The highest BCUT2D eigenvalue weighted by Crippen LogP contribution is 2.34. The predicted octanol–water partition coefficient (Wildman–Crippen LogP) is 3.30. The number of hydrogen-bond donors (Lipinski definition) is 1. The van der Waals surface area contributed by atoms with E-state index in [2.05, 4.69) is 40.8 Å². The fourth-order valence-corrected chi connectivity index (χ4v) is 6.26. The molecule has 1 N–H and O–H groups in total. The van der Waals surface area contributed by atoms with Gasteiger partial charge in [-0.1, -0.05) is 12.8 Å². The van der Waals surface area contributed by atoms with E-state index in [0.29, 0.717) is 12.5 Å². The number of rotatable bonds is 8. The van der Waals surface area contributed by atoms with Gasteiger partial charge >= 0.3 is 0 Å². The zero-order valence-electron chi connectivity index (χ0n) is 17.4. The molecule has 0 radical (unpaired) electrons. The van der Waals surface area contributed by atoms with Crippen LogP contribution >= 0.6 is 0 Å². The summed E-state index contributed by atoms with van der Waals surface area (Å²) in [5.74, 6) is 0.280. The summed E-state index contributed by atoms with van der Waals surface area (Å²) >= 11 is 0. The molecule has 4 rings (SSSR count). The number of imidazole rings is 1. The van der Waals surface area contributed by atoms with Crippen molar-refractivity contribution in [2.75, 3.05) is 5.75 Å². The number of benzene rings is 1. The van der Waals surface area contributed by atoms with Crippen molar-refractivity contribution in [3.05, 3.63) is 29.6 Å². The summed E-state index contributed by atoms with van der Waals surface area (Å²) in [6.07, 6.45) is 7.59. The molecule has 0 bridgehead atoms. The number of aromatic nitrogens is 2. The first-order valence-electron chi connectivity index (χ1n) is 10.8. The van der Waals surface area contributed by atoms with Gasteiger partial charge in [-0.05, 0) is 68.7 Å². The Morgan fingerprint density at radius 2 is 1.86 bits per heavy atom. The normalized spacial score (nSPS) is 19.0. The first-order chi connectivity index (χ1) is 13.8. The van der Waals surface area contributed by atoms with Gasteiger partial charge in [0.1, 0.15) is 0 Å². The molecule has 0 spiro atoms. The molecule has 6 nitrogen and oxygen atoms in total. The third kappa shape index (κ3) is 4.65. The lowest BCUT2D eigenvalue weighted by atomic mass is 10.1. The predicted molar refractivity (Wildman–Crippen MR) is 115 cm³/mol. The fourth-order valence-electron chi connectivity index (χ4n) is 4.41. The summed E-state index contributed by atoms with van der Waals surface area (Å²) in [5.41, 5.74) is 4.50. The lowest BCUT2D eigenvalue weighted by Crippen LogP contribution is -2.40. The van der Waals surface area contributed by atoms with Gasteiger partial charge in [0.25, 0.3) is 0 Å². The summed E-state index contributed by atoms with van der Waals surface area (Å²) in [5, 5.41) is 2.88. The summed E-state index contributed by atoms with van der Waals surface area (Å²) in [4.78, 5) is 17.1. The molecule has 0 aliphatic heterocycles. The van der Waals surface area contributed by atoms with E-state index < -0.39 is 9.84 Å². The van der Waals surface area contributed by atoms with Gasteiger partial charge in [-0.25, -0.2) is 13.4 Å². The molecule has 1 amide bonds. The van der Waals surface area contributed by atoms with Crippen molar-refractivity contribution >= 4 is 26.8 Å². The Kier molecular flexibility index (Phi) is 5.69. The molecule has 2 saturated carbocycles. The molecule has 1 atom stereocenters. The topological polar surface area (TPSA) is 81.1 Å². The van der Waals surface area contributed by atoms with Crippen LogP contribution in [-0.4, -0.2) is 40.9 Å². The van der Waals surface area contributed by atoms with Crippen molar-refractivity contribution in [1.82, 2.24) is 14.9 Å². The van der Waals surface area contributed by atoms with Crippen molar-refractivity contribution in [3.63, 3.8) is 0 Å². The first kappa shape index (κ1) is 20.4. The van der Waals surface area contributed by atoms with Crippen LogP contribution in [0, 0.1) is 19.8 Å². The Balaban J connectivity index is 1.40. The molecular formula is C22H31N3O3S. The van der Waals surface area contributed by atoms with E-state index in [-0.39, 0.29) is 29.4 Å². The summed E-state index contributed by atoms with van der Waals surface area (Å²) in [6.45, 7) is 4.85. The maximum atomic E-state index is 12.5. The van der Waals surface area contributed by atoms with Gasteiger partial charge in [-0.2, -0.15) is 0 Å². The van der Waals surface area contributed by atoms with Gasteiger partial charge in [-0.15, -0.1) is 0 Å². The minimum absolute atomic E-state index is 0.0238. The summed E-state index contributed by atoms with van der Waals surface area (Å²) in [7, 11) is -3.16. The molecule has 1 heterocycles. The molecule has 29 heavy (non-hydrogen) atoms. The average molecular weight is 418 g/mol. The Morgan fingerprint density at radius 1 is 1.17 bits per heavy atom. The number of nitrogens with zero attached hydrogens (tertiary/aromatic N) is 2. The number of carbonyl (C=O) groups is 1. The molecule has 2 aliphatic carbocycles. The van der Waals surface area contributed by atoms with Crippen LogP contribution in [0.2, 0.25) is 0 Å². The number of sulfone groups is 1. The van der Waals surface area contributed by atoms with Crippen LogP contribution in [0.25, 0.3) is 11.0 Å². The molecule has 2 aromatic rings. The van der Waals surface area contributed by atoms with Crippen molar-refractivity contribution in [2.24, 2.45) is 5.92 Å². The number of fused-ring (bicyclic) bond motifs is 1. The minimum atomic E-state index is -3.16. The van der Waals surface area contributed by atoms with Crippen molar-refractivity contribution in [2.45, 2.75) is 76.6 Å². The quantitative estimate of drug-likeness (QED) is 0.715. The zero-order chi connectivity index (χ0) is 20.6. The number of aryl methyl sites for hydroxylation is 2. The van der Waals surface area contributed by atoms with Crippen molar-refractivity contribution < 1.29 is 13.2 Å². The highest BCUT2D eigenvalue weighted by Gasteiger charge is 2.34. The van der Waals surface area contributed by atoms with E-state index in [4.69, 9.17) is 0 Å². The highest BCUT2D eigenvalue weighted by atomic mass is 32.2. The van der Waals surface area contributed by atoms with Gasteiger partial charge in [0.05, 0.1) is 28.4 Å². The number of carbonyl (C=O) groups excluding carboxylic acids is 1. The molecule has 0 saturated heterocycles. The Morgan fingerprint density at radius 3 is 2.55 bits per heavy atom. The van der Waals surface area contributed by atoms with E-state index in [1.54, 1.807) is 0 Å². The monoisotopic (exact) mass is 417 g/mol. The van der Waals surface area contributed by atoms with Gasteiger partial charge in [0.15, 0.2) is 9.84 Å². The van der Waals surface area contributed by atoms with Crippen LogP contribution < -0.4 is 5.32 Å². The SMILES string of the molecule is Cc1cc2ncn(CC(NC(=O)CCS(=O)(=O)C3CCCC3)C3CC3)c2cc1C. The summed E-state index contributed by atoms with van der Waals surface area (Å²) in [6, 6.07) is 4.27. The van der Waals surface area contributed by atoms with E-state index in [1.165, 1.54) is 11.1 Å². The minimum Gasteiger partial charge on any atom is -0.351 e. The lowest BCUT2D eigenvalue weighted by molar-refractivity contribution is -0.121. The van der Waals surface area contributed by atoms with Gasteiger partial charge in [0, 0.05) is 19.0 Å². The molecule has 1 unspecified atom stereocenters. The second-order valence-corrected chi connectivity index (χ2v) is 11.3. The summed E-state index contributed by atoms with van der Waals surface area (Å²) < 4.78 is 27.0. The molecule has 1 aromatic carbocycles. The zero-order valence-corrected chi connectivity index (χ0v) is 18.2. The second-order valence-electron chi connectivity index (χ2n) is 8.86. The largest absolute Gasteiger partial charge is 0.351 e. The molecule has 158 valence electrons. The van der Waals surface area contributed by atoms with Crippen LogP contribution in [0.3, 0.4) is 0 Å². The van der Waals surface area contributed by atoms with Crippen LogP contribution in [0.5, 0.6) is 0 Å². The van der Waals surface area contributed by atoms with Crippen molar-refractivity contribution in [3.8, 4) is 0 Å². The van der Waals surface area contributed by atoms with Crippen LogP contribution in [0.15, 0.2) is 18.5 Å². The second kappa shape index (κ2) is 8.09. The van der Waals surface area contributed by atoms with E-state index >= 15 is 0 Å². The Bertz CT molecular complexity index is 1000. The first-order valence-corrected chi connectivity index (χ1v) is 12.5. The van der Waals surface area contributed by atoms with Gasteiger partial charge in [-0.3, -0.25) is 4.79 Å². The standard InChI is InChI=1S/C22H31N3O3S/c1-15-11-19-21(12-16(15)2)25(14-23-19)13-20(17-7-8-17)24-22(26)9-10-29(27,28)18-5-3-4-6-18/h11-12,14,17-18,20H,3-10,13H2,1-2H3,(H,24,26). The average Bonchev–Trinajstić information content (AvgIpc) is 3.23. The Hall–Kier alpha value is -1.89. The van der Waals surface area contributed by atoms with E-state index in [9.17, 15) is 13.2 Å². The molecule has 7 heteroatoms. The smallest absolute Gasteiger partial charge is 0.221 e.